The van der Waals surface area contributed by atoms with Crippen LogP contribution in [0.1, 0.15) is 12.6 Å². The van der Waals surface area contributed by atoms with Gasteiger partial charge in [0.25, 0.3) is 0 Å². The molecule has 3 heterocycles. The zero-order valence-electron chi connectivity index (χ0n) is 13.4. The monoisotopic (exact) mass is 335 g/mol. The Morgan fingerprint density at radius 1 is 1.04 bits per heavy atom. The number of aromatic nitrogens is 3. The minimum atomic E-state index is -0.695. The van der Waals surface area contributed by atoms with Crippen LogP contribution in [0.4, 0.5) is 0 Å². The largest absolute Gasteiger partial charge is 0.394 e. The van der Waals surface area contributed by atoms with E-state index in [0.29, 0.717) is 6.42 Å². The predicted molar refractivity (Wildman–Crippen MR) is 94.2 cm³/mol. The highest BCUT2D eigenvalue weighted by atomic mass is 16.5. The van der Waals surface area contributed by atoms with E-state index in [1.807, 2.05) is 53.1 Å². The molecule has 4 aromatic rings. The fourth-order valence-corrected chi connectivity index (χ4v) is 3.67. The molecular formula is C19H17N3O3. The Kier molecular flexibility index (Phi) is 3.24. The van der Waals surface area contributed by atoms with Crippen LogP contribution in [0.5, 0.6) is 0 Å². The molecule has 2 N–H and O–H groups in total. The van der Waals surface area contributed by atoms with Crippen LogP contribution in [-0.4, -0.2) is 43.6 Å². The van der Waals surface area contributed by atoms with Gasteiger partial charge in [-0.3, -0.25) is 4.57 Å². The second kappa shape index (κ2) is 5.49. The standard InChI is InChI=1S/C19H17N3O3/c23-10-16-15(24)9-17(25-16)22-14-8-4-1-5-11(14)18-19(22)21-13-7-3-2-6-12(13)20-18/h1-8,15-17,23-24H,9-10H2/t15-,16+,17+/m0/s1. The van der Waals surface area contributed by atoms with Crippen LogP contribution in [0.2, 0.25) is 0 Å². The molecule has 0 aliphatic carbocycles. The van der Waals surface area contributed by atoms with Gasteiger partial charge >= 0.3 is 0 Å². The first-order chi connectivity index (χ1) is 12.3. The first-order valence-electron chi connectivity index (χ1n) is 8.36. The third kappa shape index (κ3) is 2.15. The van der Waals surface area contributed by atoms with Crippen molar-refractivity contribution in [3.05, 3.63) is 48.5 Å². The second-order valence-electron chi connectivity index (χ2n) is 6.39. The first kappa shape index (κ1) is 14.8. The average molecular weight is 335 g/mol. The minimum Gasteiger partial charge on any atom is -0.394 e. The molecule has 0 bridgehead atoms. The number of nitrogens with zero attached hydrogens (tertiary/aromatic N) is 3. The number of rotatable bonds is 2. The maximum atomic E-state index is 10.1. The zero-order valence-corrected chi connectivity index (χ0v) is 13.4. The van der Waals surface area contributed by atoms with Crippen molar-refractivity contribution < 1.29 is 14.9 Å². The second-order valence-corrected chi connectivity index (χ2v) is 6.39. The summed E-state index contributed by atoms with van der Waals surface area (Å²) in [6.45, 7) is -0.205. The Morgan fingerprint density at radius 2 is 1.76 bits per heavy atom. The molecule has 1 fully saturated rings. The third-order valence-electron chi connectivity index (χ3n) is 4.87. The van der Waals surface area contributed by atoms with Gasteiger partial charge in [0.15, 0.2) is 5.65 Å². The van der Waals surface area contributed by atoms with Crippen LogP contribution in [0.15, 0.2) is 48.5 Å². The topological polar surface area (TPSA) is 80.4 Å². The number of hydrogen-bond acceptors (Lipinski definition) is 5. The Balaban J connectivity index is 1.82. The van der Waals surface area contributed by atoms with Crippen LogP contribution in [0, 0.1) is 0 Å². The number of aliphatic hydroxyl groups excluding tert-OH is 2. The highest BCUT2D eigenvalue weighted by Gasteiger charge is 2.36. The summed E-state index contributed by atoms with van der Waals surface area (Å²) in [5.41, 5.74) is 4.17. The van der Waals surface area contributed by atoms with Crippen LogP contribution in [0.25, 0.3) is 33.1 Å². The van der Waals surface area contributed by atoms with Gasteiger partial charge in [-0.25, -0.2) is 9.97 Å². The molecule has 0 unspecified atom stereocenters. The molecule has 0 saturated carbocycles. The molecular weight excluding hydrogens is 318 g/mol. The van der Waals surface area contributed by atoms with Crippen molar-refractivity contribution in [3.8, 4) is 0 Å². The fourth-order valence-electron chi connectivity index (χ4n) is 3.67. The van der Waals surface area contributed by atoms with E-state index in [-0.39, 0.29) is 12.8 Å². The van der Waals surface area contributed by atoms with Gasteiger partial charge in [-0.1, -0.05) is 30.3 Å². The summed E-state index contributed by atoms with van der Waals surface area (Å²) in [7, 11) is 0. The lowest BCUT2D eigenvalue weighted by Gasteiger charge is -2.15. The predicted octanol–water partition coefficient (Wildman–Crippen LogP) is 2.38. The van der Waals surface area contributed by atoms with E-state index < -0.39 is 12.2 Å². The molecule has 6 heteroatoms. The lowest BCUT2D eigenvalue weighted by molar-refractivity contribution is -0.0417. The van der Waals surface area contributed by atoms with E-state index in [1.54, 1.807) is 0 Å². The van der Waals surface area contributed by atoms with E-state index in [9.17, 15) is 10.2 Å². The molecule has 2 aromatic heterocycles. The van der Waals surface area contributed by atoms with Gasteiger partial charge in [-0.15, -0.1) is 0 Å². The number of para-hydroxylation sites is 3. The van der Waals surface area contributed by atoms with Gasteiger partial charge in [0.05, 0.1) is 29.3 Å². The number of benzene rings is 2. The number of aliphatic hydroxyl groups is 2. The van der Waals surface area contributed by atoms with Gasteiger partial charge in [0.1, 0.15) is 17.8 Å². The van der Waals surface area contributed by atoms with E-state index in [4.69, 9.17) is 14.7 Å². The smallest absolute Gasteiger partial charge is 0.162 e. The summed E-state index contributed by atoms with van der Waals surface area (Å²) in [5, 5.41) is 20.5. The van der Waals surface area contributed by atoms with Crippen LogP contribution in [0.3, 0.4) is 0 Å². The highest BCUT2D eigenvalue weighted by Crippen LogP contribution is 2.36. The van der Waals surface area contributed by atoms with Crippen molar-refractivity contribution >= 4 is 33.1 Å². The van der Waals surface area contributed by atoms with Gasteiger partial charge in [0, 0.05) is 11.8 Å². The molecule has 0 radical (unpaired) electrons. The Labute approximate surface area is 143 Å². The molecule has 2 aromatic carbocycles. The lowest BCUT2D eigenvalue weighted by atomic mass is 10.2. The molecule has 3 atom stereocenters. The van der Waals surface area contributed by atoms with Crippen LogP contribution < -0.4 is 0 Å². The number of fused-ring (bicyclic) bond motifs is 4. The summed E-state index contributed by atoms with van der Waals surface area (Å²) < 4.78 is 7.88. The van der Waals surface area contributed by atoms with Crippen molar-refractivity contribution in [3.63, 3.8) is 0 Å². The zero-order chi connectivity index (χ0) is 17.0. The molecule has 1 saturated heterocycles. The third-order valence-corrected chi connectivity index (χ3v) is 4.87. The number of hydrogen-bond donors (Lipinski definition) is 2. The molecule has 1 aliphatic heterocycles. The van der Waals surface area contributed by atoms with Crippen molar-refractivity contribution in [1.29, 1.82) is 0 Å². The van der Waals surface area contributed by atoms with Crippen molar-refractivity contribution in [1.82, 2.24) is 14.5 Å². The van der Waals surface area contributed by atoms with E-state index in [1.165, 1.54) is 0 Å². The highest BCUT2D eigenvalue weighted by molar-refractivity contribution is 6.06. The quantitative estimate of drug-likeness (QED) is 0.588. The first-order valence-corrected chi connectivity index (χ1v) is 8.36. The Hall–Kier alpha value is -2.54. The molecule has 0 amide bonds. The van der Waals surface area contributed by atoms with Gasteiger partial charge in [-0.2, -0.15) is 0 Å². The van der Waals surface area contributed by atoms with Crippen molar-refractivity contribution in [2.45, 2.75) is 24.9 Å². The summed E-state index contributed by atoms with van der Waals surface area (Å²) in [4.78, 5) is 9.62. The Bertz CT molecular complexity index is 1090. The molecule has 1 aliphatic rings. The van der Waals surface area contributed by atoms with Crippen LogP contribution >= 0.6 is 0 Å². The fraction of sp³-hybridized carbons (Fsp3) is 0.263. The summed E-state index contributed by atoms with van der Waals surface area (Å²) in [5.74, 6) is 0. The maximum absolute atomic E-state index is 10.1. The SMILES string of the molecule is OC[C@H]1O[C@@H](n2c3ccccc3c3nc4ccccc4nc32)C[C@@H]1O. The van der Waals surface area contributed by atoms with Crippen LogP contribution in [-0.2, 0) is 4.74 Å². The van der Waals surface area contributed by atoms with Gasteiger partial charge in [0.2, 0.25) is 0 Å². The summed E-state index contributed by atoms with van der Waals surface area (Å²) in [6, 6.07) is 15.7. The summed E-state index contributed by atoms with van der Waals surface area (Å²) >= 11 is 0. The molecule has 6 nitrogen and oxygen atoms in total. The lowest BCUT2D eigenvalue weighted by Crippen LogP contribution is -2.24. The average Bonchev–Trinajstić information content (AvgIpc) is 3.17. The number of ether oxygens (including phenoxy) is 1. The summed E-state index contributed by atoms with van der Waals surface area (Å²) in [6.07, 6.45) is -1.24. The van der Waals surface area contributed by atoms with Crippen molar-refractivity contribution in [2.24, 2.45) is 0 Å². The van der Waals surface area contributed by atoms with E-state index in [0.717, 1.165) is 33.1 Å². The maximum Gasteiger partial charge on any atom is 0.162 e. The molecule has 5 rings (SSSR count). The normalized spacial score (nSPS) is 23.8. The van der Waals surface area contributed by atoms with E-state index >= 15 is 0 Å². The molecule has 25 heavy (non-hydrogen) atoms. The Morgan fingerprint density at radius 3 is 2.52 bits per heavy atom. The molecule has 126 valence electrons. The van der Waals surface area contributed by atoms with E-state index in [2.05, 4.69) is 0 Å². The van der Waals surface area contributed by atoms with Gasteiger partial charge < -0.3 is 14.9 Å². The van der Waals surface area contributed by atoms with Crippen molar-refractivity contribution in [2.75, 3.05) is 6.61 Å². The minimum absolute atomic E-state index is 0.205. The molecule has 0 spiro atoms. The van der Waals surface area contributed by atoms with Gasteiger partial charge in [-0.05, 0) is 18.2 Å².